The highest BCUT2D eigenvalue weighted by molar-refractivity contribution is 14.0. The Kier molecular flexibility index (Phi) is 9.39. The summed E-state index contributed by atoms with van der Waals surface area (Å²) in [6.45, 7) is 9.50. The maximum atomic E-state index is 4.27. The molecule has 2 aromatic rings. The number of nitrogens with zero attached hydrogens (tertiary/aromatic N) is 5. The van der Waals surface area contributed by atoms with E-state index in [0.717, 1.165) is 37.2 Å². The van der Waals surface area contributed by atoms with Crippen molar-refractivity contribution in [1.82, 2.24) is 25.4 Å². The first kappa shape index (κ1) is 22.2. The van der Waals surface area contributed by atoms with E-state index in [1.54, 1.807) is 7.05 Å². The predicted molar refractivity (Wildman–Crippen MR) is 118 cm³/mol. The lowest BCUT2D eigenvalue weighted by atomic mass is 10.2. The quantitative estimate of drug-likeness (QED) is 0.368. The van der Waals surface area contributed by atoms with Crippen molar-refractivity contribution < 1.29 is 0 Å². The van der Waals surface area contributed by atoms with Crippen LogP contribution in [0.5, 0.6) is 0 Å². The molecule has 0 fully saturated rings. The van der Waals surface area contributed by atoms with Crippen LogP contribution in [0.15, 0.2) is 29.3 Å². The van der Waals surface area contributed by atoms with Gasteiger partial charge >= 0.3 is 0 Å². The molecular formula is C18H30IN7. The van der Waals surface area contributed by atoms with Crippen molar-refractivity contribution in [3.05, 3.63) is 41.5 Å². The van der Waals surface area contributed by atoms with E-state index in [4.69, 9.17) is 0 Å². The van der Waals surface area contributed by atoms with E-state index < -0.39 is 0 Å². The summed E-state index contributed by atoms with van der Waals surface area (Å²) in [6, 6.07) is 8.59. The minimum atomic E-state index is 0. The molecule has 1 aromatic carbocycles. The monoisotopic (exact) mass is 471 g/mol. The number of guanidine groups is 1. The summed E-state index contributed by atoms with van der Waals surface area (Å²) in [7, 11) is 3.74. The molecule has 2 rings (SSSR count). The van der Waals surface area contributed by atoms with Crippen LogP contribution in [0.1, 0.15) is 24.1 Å². The molecule has 1 aromatic heterocycles. The topological polar surface area (TPSA) is 70.4 Å². The second-order valence-corrected chi connectivity index (χ2v) is 5.99. The summed E-state index contributed by atoms with van der Waals surface area (Å²) in [5.41, 5.74) is 2.53. The van der Waals surface area contributed by atoms with E-state index in [2.05, 4.69) is 68.8 Å². The van der Waals surface area contributed by atoms with Crippen LogP contribution in [-0.2, 0) is 13.6 Å². The Morgan fingerprint density at radius 3 is 2.58 bits per heavy atom. The minimum Gasteiger partial charge on any atom is -0.370 e. The fourth-order valence-corrected chi connectivity index (χ4v) is 2.59. The lowest BCUT2D eigenvalue weighted by Crippen LogP contribution is -2.41. The van der Waals surface area contributed by atoms with Gasteiger partial charge < -0.3 is 20.1 Å². The zero-order valence-corrected chi connectivity index (χ0v) is 18.6. The standard InChI is InChI=1S/C18H29N7.HI/c1-6-25(16-9-7-8-14(2)12-16)11-10-20-18(19-4)21-13-17-23-22-15(3)24(17)5;/h7-9,12H,6,10-11,13H2,1-5H3,(H2,19,20,21);1H. The first-order chi connectivity index (χ1) is 12.0. The van der Waals surface area contributed by atoms with E-state index in [0.29, 0.717) is 6.54 Å². The number of hydrogen-bond donors (Lipinski definition) is 2. The molecule has 1 heterocycles. The van der Waals surface area contributed by atoms with Crippen LogP contribution >= 0.6 is 24.0 Å². The first-order valence-corrected chi connectivity index (χ1v) is 8.66. The third kappa shape index (κ3) is 6.15. The van der Waals surface area contributed by atoms with Crippen LogP contribution < -0.4 is 15.5 Å². The summed E-state index contributed by atoms with van der Waals surface area (Å²) in [5, 5.41) is 14.8. The average Bonchev–Trinajstić information content (AvgIpc) is 2.93. The molecule has 8 heteroatoms. The van der Waals surface area contributed by atoms with Gasteiger partial charge in [-0.25, -0.2) is 0 Å². The van der Waals surface area contributed by atoms with Crippen molar-refractivity contribution in [2.75, 3.05) is 31.6 Å². The number of hydrogen-bond acceptors (Lipinski definition) is 4. The number of aliphatic imine (C=N–C) groups is 1. The van der Waals surface area contributed by atoms with Gasteiger partial charge in [-0.05, 0) is 38.5 Å². The van der Waals surface area contributed by atoms with Crippen molar-refractivity contribution in [2.45, 2.75) is 27.3 Å². The highest BCUT2D eigenvalue weighted by Crippen LogP contribution is 2.14. The molecule has 0 atom stereocenters. The summed E-state index contributed by atoms with van der Waals surface area (Å²) < 4.78 is 1.97. The number of rotatable bonds is 7. The molecule has 144 valence electrons. The molecule has 0 saturated carbocycles. The number of nitrogens with one attached hydrogen (secondary N) is 2. The molecule has 0 aliphatic heterocycles. The molecule has 0 aliphatic carbocycles. The lowest BCUT2D eigenvalue weighted by Gasteiger charge is -2.24. The molecule has 0 unspecified atom stereocenters. The van der Waals surface area contributed by atoms with Gasteiger partial charge in [-0.2, -0.15) is 0 Å². The molecule has 26 heavy (non-hydrogen) atoms. The predicted octanol–water partition coefficient (Wildman–Crippen LogP) is 2.24. The molecule has 7 nitrogen and oxygen atoms in total. The molecule has 0 spiro atoms. The van der Waals surface area contributed by atoms with Gasteiger partial charge in [0.25, 0.3) is 0 Å². The zero-order valence-electron chi connectivity index (χ0n) is 16.3. The summed E-state index contributed by atoms with van der Waals surface area (Å²) in [6.07, 6.45) is 0. The fraction of sp³-hybridized carbons (Fsp3) is 0.500. The minimum absolute atomic E-state index is 0. The molecule has 2 N–H and O–H groups in total. The van der Waals surface area contributed by atoms with Gasteiger partial charge in [0.2, 0.25) is 0 Å². The van der Waals surface area contributed by atoms with Crippen molar-refractivity contribution in [1.29, 1.82) is 0 Å². The van der Waals surface area contributed by atoms with E-state index in [9.17, 15) is 0 Å². The first-order valence-electron chi connectivity index (χ1n) is 8.66. The van der Waals surface area contributed by atoms with Gasteiger partial charge in [0.15, 0.2) is 11.8 Å². The summed E-state index contributed by atoms with van der Waals surface area (Å²) in [5.74, 6) is 2.55. The van der Waals surface area contributed by atoms with E-state index in [-0.39, 0.29) is 24.0 Å². The Morgan fingerprint density at radius 2 is 2.00 bits per heavy atom. The number of benzene rings is 1. The number of likely N-dealkylation sites (N-methyl/N-ethyl adjacent to an activating group) is 1. The Hall–Kier alpha value is -1.84. The van der Waals surface area contributed by atoms with Crippen LogP contribution in [0.4, 0.5) is 5.69 Å². The van der Waals surface area contributed by atoms with Gasteiger partial charge in [0.1, 0.15) is 5.82 Å². The Balaban J connectivity index is 0.00000338. The molecule has 0 aliphatic rings. The molecule has 0 bridgehead atoms. The number of aryl methyl sites for hydroxylation is 2. The maximum Gasteiger partial charge on any atom is 0.191 e. The Bertz CT molecular complexity index is 711. The normalized spacial score (nSPS) is 11.0. The third-order valence-electron chi connectivity index (χ3n) is 4.24. The van der Waals surface area contributed by atoms with E-state index >= 15 is 0 Å². The van der Waals surface area contributed by atoms with E-state index in [1.807, 2.05) is 18.5 Å². The molecule has 0 radical (unpaired) electrons. The number of halogens is 1. The van der Waals surface area contributed by atoms with Crippen molar-refractivity contribution in [3.63, 3.8) is 0 Å². The van der Waals surface area contributed by atoms with Crippen molar-refractivity contribution >= 4 is 35.6 Å². The highest BCUT2D eigenvalue weighted by Gasteiger charge is 2.07. The van der Waals surface area contributed by atoms with E-state index in [1.165, 1.54) is 11.3 Å². The van der Waals surface area contributed by atoms with Gasteiger partial charge in [0, 0.05) is 39.4 Å². The summed E-state index contributed by atoms with van der Waals surface area (Å²) in [4.78, 5) is 6.61. The van der Waals surface area contributed by atoms with Crippen LogP contribution in [0, 0.1) is 13.8 Å². The van der Waals surface area contributed by atoms with Gasteiger partial charge in [-0.15, -0.1) is 34.2 Å². The van der Waals surface area contributed by atoms with Crippen LogP contribution in [0.2, 0.25) is 0 Å². The fourth-order valence-electron chi connectivity index (χ4n) is 2.59. The average molecular weight is 471 g/mol. The Labute approximate surface area is 173 Å². The van der Waals surface area contributed by atoms with Crippen LogP contribution in [-0.4, -0.2) is 47.4 Å². The SMILES string of the molecule is CCN(CCNC(=NC)NCc1nnc(C)n1C)c1cccc(C)c1.I. The summed E-state index contributed by atoms with van der Waals surface area (Å²) >= 11 is 0. The van der Waals surface area contributed by atoms with Crippen LogP contribution in [0.3, 0.4) is 0 Å². The largest absolute Gasteiger partial charge is 0.370 e. The maximum absolute atomic E-state index is 4.27. The highest BCUT2D eigenvalue weighted by atomic mass is 127. The van der Waals surface area contributed by atoms with Gasteiger partial charge in [0.05, 0.1) is 6.54 Å². The Morgan fingerprint density at radius 1 is 1.23 bits per heavy atom. The van der Waals surface area contributed by atoms with Crippen molar-refractivity contribution in [3.8, 4) is 0 Å². The van der Waals surface area contributed by atoms with Crippen molar-refractivity contribution in [2.24, 2.45) is 12.0 Å². The number of anilines is 1. The second-order valence-electron chi connectivity index (χ2n) is 5.99. The third-order valence-corrected chi connectivity index (χ3v) is 4.24. The zero-order chi connectivity index (χ0) is 18.2. The molecular weight excluding hydrogens is 441 g/mol. The molecule has 0 amide bonds. The van der Waals surface area contributed by atoms with Crippen LogP contribution in [0.25, 0.3) is 0 Å². The van der Waals surface area contributed by atoms with Gasteiger partial charge in [-0.3, -0.25) is 4.99 Å². The second kappa shape index (κ2) is 11.0. The van der Waals surface area contributed by atoms with Gasteiger partial charge in [-0.1, -0.05) is 12.1 Å². The number of aromatic nitrogens is 3. The molecule has 0 saturated heterocycles. The lowest BCUT2D eigenvalue weighted by molar-refractivity contribution is 0.709. The smallest absolute Gasteiger partial charge is 0.191 e.